The molecule has 1 atom stereocenters. The van der Waals surface area contributed by atoms with Crippen LogP contribution in [-0.4, -0.2) is 26.2 Å². The van der Waals surface area contributed by atoms with E-state index in [1.54, 1.807) is 12.1 Å². The molecule has 110 valence electrons. The Balaban J connectivity index is 2.43. The predicted molar refractivity (Wildman–Crippen MR) is 74.5 cm³/mol. The summed E-state index contributed by atoms with van der Waals surface area (Å²) in [5, 5.41) is 9.03. The molecule has 1 aliphatic carbocycles. The van der Waals surface area contributed by atoms with Gasteiger partial charge in [0.25, 0.3) is 0 Å². The molecule has 1 aromatic rings. The summed E-state index contributed by atoms with van der Waals surface area (Å²) in [4.78, 5) is 23.9. The molecule has 1 aromatic carbocycles. The van der Waals surface area contributed by atoms with E-state index in [4.69, 9.17) is 14.7 Å². The van der Waals surface area contributed by atoms with Gasteiger partial charge in [0.05, 0.1) is 37.7 Å². The van der Waals surface area contributed by atoms with Crippen molar-refractivity contribution < 1.29 is 19.1 Å². The van der Waals surface area contributed by atoms with E-state index in [1.807, 2.05) is 6.07 Å². The van der Waals surface area contributed by atoms with E-state index in [2.05, 4.69) is 6.07 Å². The highest BCUT2D eigenvalue weighted by Crippen LogP contribution is 2.40. The summed E-state index contributed by atoms with van der Waals surface area (Å²) in [6, 6.07) is 7.46. The largest absolute Gasteiger partial charge is 0.469 e. The van der Waals surface area contributed by atoms with E-state index >= 15 is 0 Å². The van der Waals surface area contributed by atoms with Gasteiger partial charge in [-0.1, -0.05) is 12.1 Å². The highest BCUT2D eigenvalue weighted by Gasteiger charge is 2.43. The first kappa shape index (κ1) is 15.0. The fourth-order valence-electron chi connectivity index (χ4n) is 2.98. The molecule has 1 aliphatic rings. The average molecular weight is 287 g/mol. The van der Waals surface area contributed by atoms with Crippen molar-refractivity contribution in [2.24, 2.45) is 5.41 Å². The van der Waals surface area contributed by atoms with Crippen LogP contribution in [0.2, 0.25) is 0 Å². The van der Waals surface area contributed by atoms with Gasteiger partial charge in [0, 0.05) is 0 Å². The summed E-state index contributed by atoms with van der Waals surface area (Å²) in [6.07, 6.45) is 1.57. The molecule has 0 fully saturated rings. The molecule has 0 radical (unpaired) electrons. The Hall–Kier alpha value is -2.35. The maximum atomic E-state index is 12.1. The van der Waals surface area contributed by atoms with Crippen LogP contribution in [0.25, 0.3) is 0 Å². The van der Waals surface area contributed by atoms with E-state index in [-0.39, 0.29) is 18.4 Å². The number of rotatable bonds is 3. The monoisotopic (exact) mass is 287 g/mol. The zero-order valence-electron chi connectivity index (χ0n) is 12.1. The quantitative estimate of drug-likeness (QED) is 0.795. The molecule has 0 spiro atoms. The number of nitrogens with zero attached hydrogens (tertiary/aromatic N) is 1. The van der Waals surface area contributed by atoms with Crippen LogP contribution in [0.4, 0.5) is 0 Å². The van der Waals surface area contributed by atoms with Crippen LogP contribution in [0.1, 0.15) is 34.3 Å². The van der Waals surface area contributed by atoms with Gasteiger partial charge in [0.1, 0.15) is 0 Å². The van der Waals surface area contributed by atoms with Gasteiger partial charge < -0.3 is 9.47 Å². The van der Waals surface area contributed by atoms with Crippen LogP contribution in [-0.2, 0) is 27.1 Å². The van der Waals surface area contributed by atoms with Crippen molar-refractivity contribution >= 4 is 11.9 Å². The van der Waals surface area contributed by atoms with Gasteiger partial charge >= 0.3 is 11.9 Å². The number of esters is 2. The summed E-state index contributed by atoms with van der Waals surface area (Å²) in [5.41, 5.74) is 1.53. The molecular formula is C16H17NO4. The normalized spacial score (nSPS) is 20.0. The Kier molecular flexibility index (Phi) is 4.27. The van der Waals surface area contributed by atoms with Gasteiger partial charge in [-0.2, -0.15) is 5.26 Å². The number of benzene rings is 1. The zero-order chi connectivity index (χ0) is 15.5. The van der Waals surface area contributed by atoms with Gasteiger partial charge in [-0.3, -0.25) is 4.79 Å². The molecule has 0 aliphatic heterocycles. The molecule has 0 heterocycles. The van der Waals surface area contributed by atoms with Gasteiger partial charge in [0.2, 0.25) is 0 Å². The molecular weight excluding hydrogens is 270 g/mol. The minimum atomic E-state index is -0.814. The maximum Gasteiger partial charge on any atom is 0.338 e. The van der Waals surface area contributed by atoms with Crippen molar-refractivity contribution in [1.29, 1.82) is 5.26 Å². The van der Waals surface area contributed by atoms with Gasteiger partial charge in [-0.15, -0.1) is 0 Å². The predicted octanol–water partition coefficient (Wildman–Crippen LogP) is 2.03. The molecule has 0 amide bonds. The molecule has 1 unspecified atom stereocenters. The van der Waals surface area contributed by atoms with Gasteiger partial charge in [-0.05, 0) is 36.5 Å². The smallest absolute Gasteiger partial charge is 0.338 e. The minimum Gasteiger partial charge on any atom is -0.469 e. The number of methoxy groups -OCH3 is 2. The number of hydrogen-bond acceptors (Lipinski definition) is 5. The van der Waals surface area contributed by atoms with Crippen molar-refractivity contribution in [3.05, 3.63) is 34.9 Å². The molecule has 21 heavy (non-hydrogen) atoms. The Morgan fingerprint density at radius 3 is 2.71 bits per heavy atom. The highest BCUT2D eigenvalue weighted by atomic mass is 16.5. The SMILES string of the molecule is COC(=O)c1cccc2c1CCC(CC#N)(C(=O)OC)C2. The topological polar surface area (TPSA) is 76.4 Å². The first-order chi connectivity index (χ1) is 10.1. The minimum absolute atomic E-state index is 0.113. The van der Waals surface area contributed by atoms with Gasteiger partial charge in [-0.25, -0.2) is 4.79 Å². The fourth-order valence-corrected chi connectivity index (χ4v) is 2.98. The maximum absolute atomic E-state index is 12.1. The van der Waals surface area contributed by atoms with Crippen LogP contribution < -0.4 is 0 Å². The lowest BCUT2D eigenvalue weighted by Crippen LogP contribution is -2.38. The summed E-state index contributed by atoms with van der Waals surface area (Å²) < 4.78 is 9.67. The Labute approximate surface area is 123 Å². The Bertz CT molecular complexity index is 617. The number of carbonyl (C=O) groups excluding carboxylic acids is 2. The third-order valence-electron chi connectivity index (χ3n) is 4.10. The highest BCUT2D eigenvalue weighted by molar-refractivity contribution is 5.91. The standard InChI is InChI=1S/C16H17NO4/c1-20-14(18)13-5-3-4-11-10-16(8-9-17,15(19)21-2)7-6-12(11)13/h3-5H,6-8,10H2,1-2H3. The second kappa shape index (κ2) is 5.96. The van der Waals surface area contributed by atoms with Crippen molar-refractivity contribution in [3.8, 4) is 6.07 Å². The number of ether oxygens (including phenoxy) is 2. The molecule has 5 heteroatoms. The van der Waals surface area contributed by atoms with E-state index in [0.717, 1.165) is 11.1 Å². The molecule has 0 saturated carbocycles. The summed E-state index contributed by atoms with van der Waals surface area (Å²) in [7, 11) is 2.68. The van der Waals surface area contributed by atoms with E-state index in [0.29, 0.717) is 24.8 Å². The second-order valence-corrected chi connectivity index (χ2v) is 5.22. The fraction of sp³-hybridized carbons (Fsp3) is 0.438. The van der Waals surface area contributed by atoms with Crippen LogP contribution in [0.3, 0.4) is 0 Å². The van der Waals surface area contributed by atoms with Crippen molar-refractivity contribution in [1.82, 2.24) is 0 Å². The number of hydrogen-bond donors (Lipinski definition) is 0. The molecule has 0 N–H and O–H groups in total. The van der Waals surface area contributed by atoms with E-state index < -0.39 is 5.41 Å². The molecule has 5 nitrogen and oxygen atoms in total. The van der Waals surface area contributed by atoms with Crippen LogP contribution >= 0.6 is 0 Å². The number of nitriles is 1. The zero-order valence-corrected chi connectivity index (χ0v) is 12.1. The van der Waals surface area contributed by atoms with Crippen molar-refractivity contribution in [3.63, 3.8) is 0 Å². The lowest BCUT2D eigenvalue weighted by atomic mass is 9.69. The molecule has 2 rings (SSSR count). The van der Waals surface area contributed by atoms with Gasteiger partial charge in [0.15, 0.2) is 0 Å². The Morgan fingerprint density at radius 1 is 1.33 bits per heavy atom. The lowest BCUT2D eigenvalue weighted by molar-refractivity contribution is -0.153. The number of fused-ring (bicyclic) bond motifs is 1. The summed E-state index contributed by atoms with van der Waals surface area (Å²) >= 11 is 0. The molecule has 0 saturated heterocycles. The molecule has 0 bridgehead atoms. The third-order valence-corrected chi connectivity index (χ3v) is 4.10. The van der Waals surface area contributed by atoms with Crippen molar-refractivity contribution in [2.75, 3.05) is 14.2 Å². The average Bonchev–Trinajstić information content (AvgIpc) is 2.52. The second-order valence-electron chi connectivity index (χ2n) is 5.22. The first-order valence-corrected chi connectivity index (χ1v) is 6.72. The Morgan fingerprint density at radius 2 is 2.10 bits per heavy atom. The summed E-state index contributed by atoms with van der Waals surface area (Å²) in [6.45, 7) is 0. The lowest BCUT2D eigenvalue weighted by Gasteiger charge is -2.34. The van der Waals surface area contributed by atoms with E-state index in [1.165, 1.54) is 14.2 Å². The third kappa shape index (κ3) is 2.62. The van der Waals surface area contributed by atoms with E-state index in [9.17, 15) is 9.59 Å². The number of carbonyl (C=O) groups is 2. The summed E-state index contributed by atoms with van der Waals surface area (Å²) in [5.74, 6) is -0.740. The first-order valence-electron chi connectivity index (χ1n) is 6.72. The van der Waals surface area contributed by atoms with Crippen LogP contribution in [0, 0.1) is 16.7 Å². The van der Waals surface area contributed by atoms with Crippen LogP contribution in [0.15, 0.2) is 18.2 Å². The van der Waals surface area contributed by atoms with Crippen molar-refractivity contribution in [2.45, 2.75) is 25.7 Å². The molecule has 0 aromatic heterocycles. The van der Waals surface area contributed by atoms with Crippen LogP contribution in [0.5, 0.6) is 0 Å².